The monoisotopic (exact) mass is 470 g/mol. The molecule has 0 saturated carbocycles. The minimum atomic E-state index is -4.67. The molecule has 1 aliphatic rings. The first-order valence-corrected chi connectivity index (χ1v) is 12.8. The number of alkyl halides is 3. The number of sulfonamides is 1. The number of carbonyl (C=O) groups excluding carboxylic acids is 1. The van der Waals surface area contributed by atoms with Crippen LogP contribution in [0.2, 0.25) is 0 Å². The quantitative estimate of drug-likeness (QED) is 0.543. The van der Waals surface area contributed by atoms with Crippen LogP contribution in [-0.4, -0.2) is 69.6 Å². The van der Waals surface area contributed by atoms with Gasteiger partial charge in [-0.05, 0) is 24.6 Å². The number of piperazine rings is 1. The number of unbranched alkanes of at least 4 members (excludes halogenated alkanes) is 2. The average molecular weight is 471 g/mol. The van der Waals surface area contributed by atoms with E-state index in [4.69, 9.17) is 0 Å². The first-order valence-electron chi connectivity index (χ1n) is 9.52. The van der Waals surface area contributed by atoms with Gasteiger partial charge in [0.15, 0.2) is 9.84 Å². The predicted molar refractivity (Wildman–Crippen MR) is 105 cm³/mol. The first-order chi connectivity index (χ1) is 13.9. The standard InChI is InChI=1S/C18H25F3N2O5S2/c1-2-3-4-12-29(25,26)14-17(24)22-8-10-23(11-9-22)30(27,28)16-7-5-6-15(13-16)18(19,20)21/h5-7,13H,2-4,8-12,14H2,1H3. The molecule has 1 aromatic rings. The maximum absolute atomic E-state index is 12.9. The third kappa shape index (κ3) is 6.42. The van der Waals surface area contributed by atoms with Gasteiger partial charge in [0.1, 0.15) is 5.75 Å². The van der Waals surface area contributed by atoms with Gasteiger partial charge in [0, 0.05) is 26.2 Å². The average Bonchev–Trinajstić information content (AvgIpc) is 2.67. The van der Waals surface area contributed by atoms with Crippen LogP contribution >= 0.6 is 0 Å². The maximum Gasteiger partial charge on any atom is 0.416 e. The number of carbonyl (C=O) groups is 1. The summed E-state index contributed by atoms with van der Waals surface area (Å²) in [4.78, 5) is 13.1. The predicted octanol–water partition coefficient (Wildman–Crippen LogP) is 2.14. The van der Waals surface area contributed by atoms with Crippen molar-refractivity contribution in [2.24, 2.45) is 0 Å². The van der Waals surface area contributed by atoms with E-state index in [0.29, 0.717) is 12.5 Å². The molecule has 0 unspecified atom stereocenters. The van der Waals surface area contributed by atoms with Crippen molar-refractivity contribution >= 4 is 25.8 Å². The molecule has 1 amide bonds. The number of hydrogen-bond donors (Lipinski definition) is 0. The summed E-state index contributed by atoms with van der Waals surface area (Å²) >= 11 is 0. The van der Waals surface area contributed by atoms with E-state index in [0.717, 1.165) is 35.3 Å². The summed E-state index contributed by atoms with van der Waals surface area (Å²) in [5.74, 6) is -1.30. The van der Waals surface area contributed by atoms with Crippen molar-refractivity contribution in [3.05, 3.63) is 29.8 Å². The Labute approximate surface area is 174 Å². The second kappa shape index (κ2) is 9.65. The molecule has 0 bridgehead atoms. The molecule has 30 heavy (non-hydrogen) atoms. The lowest BCUT2D eigenvalue weighted by Gasteiger charge is -2.34. The lowest BCUT2D eigenvalue weighted by atomic mass is 10.2. The number of halogens is 3. The Hall–Kier alpha value is -1.66. The van der Waals surface area contributed by atoms with Gasteiger partial charge in [-0.25, -0.2) is 16.8 Å². The van der Waals surface area contributed by atoms with Crippen molar-refractivity contribution in [2.75, 3.05) is 37.7 Å². The summed E-state index contributed by atoms with van der Waals surface area (Å²) in [6.07, 6.45) is -2.58. The maximum atomic E-state index is 12.9. The second-order valence-corrected chi connectivity index (χ2v) is 11.2. The lowest BCUT2D eigenvalue weighted by Crippen LogP contribution is -2.51. The lowest BCUT2D eigenvalue weighted by molar-refractivity contribution is -0.137. The number of rotatable bonds is 8. The first kappa shape index (κ1) is 24.6. The van der Waals surface area contributed by atoms with Crippen LogP contribution in [0.1, 0.15) is 31.7 Å². The number of benzene rings is 1. The van der Waals surface area contributed by atoms with Gasteiger partial charge in [-0.2, -0.15) is 17.5 Å². The van der Waals surface area contributed by atoms with E-state index in [1.54, 1.807) is 0 Å². The Kier molecular flexibility index (Phi) is 7.91. The van der Waals surface area contributed by atoms with E-state index >= 15 is 0 Å². The zero-order valence-corrected chi connectivity index (χ0v) is 18.2. The number of sulfone groups is 1. The molecule has 1 aromatic carbocycles. The van der Waals surface area contributed by atoms with E-state index in [2.05, 4.69) is 0 Å². The van der Waals surface area contributed by atoms with Gasteiger partial charge >= 0.3 is 6.18 Å². The molecule has 2 rings (SSSR count). The molecule has 12 heteroatoms. The van der Waals surface area contributed by atoms with Crippen LogP contribution in [0.4, 0.5) is 13.2 Å². The van der Waals surface area contributed by atoms with E-state index in [-0.39, 0.29) is 31.9 Å². The normalized spacial score (nSPS) is 16.6. The second-order valence-electron chi connectivity index (χ2n) is 7.11. The molecule has 1 saturated heterocycles. The van der Waals surface area contributed by atoms with E-state index < -0.39 is 48.2 Å². The molecular formula is C18H25F3N2O5S2. The zero-order chi connectivity index (χ0) is 22.6. The van der Waals surface area contributed by atoms with Gasteiger partial charge in [-0.3, -0.25) is 4.79 Å². The van der Waals surface area contributed by atoms with E-state index in [9.17, 15) is 34.8 Å². The van der Waals surface area contributed by atoms with Crippen molar-refractivity contribution < 1.29 is 34.8 Å². The highest BCUT2D eigenvalue weighted by atomic mass is 32.2. The summed E-state index contributed by atoms with van der Waals surface area (Å²) in [5, 5.41) is 0. The van der Waals surface area contributed by atoms with E-state index in [1.165, 1.54) is 4.90 Å². The van der Waals surface area contributed by atoms with E-state index in [1.807, 2.05) is 6.92 Å². The summed E-state index contributed by atoms with van der Waals surface area (Å²) in [6.45, 7) is 1.63. The largest absolute Gasteiger partial charge is 0.416 e. The van der Waals surface area contributed by atoms with Gasteiger partial charge in [-0.1, -0.05) is 25.8 Å². The minimum Gasteiger partial charge on any atom is -0.339 e. The fourth-order valence-electron chi connectivity index (χ4n) is 3.08. The van der Waals surface area contributed by atoms with Crippen LogP contribution in [0.25, 0.3) is 0 Å². The highest BCUT2D eigenvalue weighted by Crippen LogP contribution is 2.31. The minimum absolute atomic E-state index is 0.0263. The Balaban J connectivity index is 2.00. The summed E-state index contributed by atoms with van der Waals surface area (Å²) in [5.41, 5.74) is -1.06. The fraction of sp³-hybridized carbons (Fsp3) is 0.611. The van der Waals surface area contributed by atoms with Crippen LogP contribution in [0.15, 0.2) is 29.2 Å². The summed E-state index contributed by atoms with van der Waals surface area (Å²) < 4.78 is 89.0. The molecule has 0 radical (unpaired) electrons. The molecule has 170 valence electrons. The molecule has 1 heterocycles. The van der Waals surface area contributed by atoms with Crippen LogP contribution in [0.3, 0.4) is 0 Å². The van der Waals surface area contributed by atoms with Crippen molar-refractivity contribution in [1.82, 2.24) is 9.21 Å². The molecule has 7 nitrogen and oxygen atoms in total. The van der Waals surface area contributed by atoms with Gasteiger partial charge in [-0.15, -0.1) is 0 Å². The Morgan fingerprint density at radius 1 is 1.03 bits per heavy atom. The Bertz CT molecular complexity index is 954. The van der Waals surface area contributed by atoms with Crippen LogP contribution in [-0.2, 0) is 30.8 Å². The third-order valence-corrected chi connectivity index (χ3v) is 8.28. The Morgan fingerprint density at radius 2 is 1.67 bits per heavy atom. The van der Waals surface area contributed by atoms with Crippen molar-refractivity contribution in [3.63, 3.8) is 0 Å². The topological polar surface area (TPSA) is 91.8 Å². The molecule has 1 fully saturated rings. The zero-order valence-electron chi connectivity index (χ0n) is 16.6. The molecule has 0 aromatic heterocycles. The molecule has 0 atom stereocenters. The molecule has 0 aliphatic carbocycles. The third-order valence-electron chi connectivity index (χ3n) is 4.79. The smallest absolute Gasteiger partial charge is 0.339 e. The fourth-order valence-corrected chi connectivity index (χ4v) is 5.90. The Morgan fingerprint density at radius 3 is 2.23 bits per heavy atom. The summed E-state index contributed by atoms with van der Waals surface area (Å²) in [6, 6.07) is 3.48. The van der Waals surface area contributed by atoms with Crippen LogP contribution < -0.4 is 0 Å². The number of amides is 1. The molecule has 0 N–H and O–H groups in total. The van der Waals surface area contributed by atoms with Gasteiger partial charge in [0.25, 0.3) is 0 Å². The molecular weight excluding hydrogens is 445 g/mol. The van der Waals surface area contributed by atoms with Crippen LogP contribution in [0.5, 0.6) is 0 Å². The SMILES string of the molecule is CCCCCS(=O)(=O)CC(=O)N1CCN(S(=O)(=O)c2cccc(C(F)(F)F)c2)CC1. The van der Waals surface area contributed by atoms with Crippen LogP contribution in [0, 0.1) is 0 Å². The highest BCUT2D eigenvalue weighted by molar-refractivity contribution is 7.92. The molecule has 1 aliphatic heterocycles. The van der Waals surface area contributed by atoms with Gasteiger partial charge in [0.2, 0.25) is 15.9 Å². The van der Waals surface area contributed by atoms with Crippen molar-refractivity contribution in [2.45, 2.75) is 37.3 Å². The van der Waals surface area contributed by atoms with Gasteiger partial charge < -0.3 is 4.90 Å². The number of nitrogens with zero attached hydrogens (tertiary/aromatic N) is 2. The van der Waals surface area contributed by atoms with Gasteiger partial charge in [0.05, 0.1) is 16.2 Å². The van der Waals surface area contributed by atoms with Crippen molar-refractivity contribution in [1.29, 1.82) is 0 Å². The van der Waals surface area contributed by atoms with Crippen molar-refractivity contribution in [3.8, 4) is 0 Å². The molecule has 0 spiro atoms. The summed E-state index contributed by atoms with van der Waals surface area (Å²) in [7, 11) is -7.70. The number of hydrogen-bond acceptors (Lipinski definition) is 5. The highest BCUT2D eigenvalue weighted by Gasteiger charge is 2.34.